The highest BCUT2D eigenvalue weighted by molar-refractivity contribution is 5.68. The van der Waals surface area contributed by atoms with Crippen molar-refractivity contribution in [3.8, 4) is 5.75 Å². The van der Waals surface area contributed by atoms with E-state index in [1.807, 2.05) is 0 Å². The first kappa shape index (κ1) is 10.2. The molecule has 3 aliphatic rings. The summed E-state index contributed by atoms with van der Waals surface area (Å²) in [6.07, 6.45) is 12.3. The maximum atomic E-state index is 6.01. The fourth-order valence-corrected chi connectivity index (χ4v) is 3.27. The Morgan fingerprint density at radius 1 is 1.22 bits per heavy atom. The number of rotatable bonds is 0. The van der Waals surface area contributed by atoms with Gasteiger partial charge in [0.1, 0.15) is 11.5 Å². The van der Waals surface area contributed by atoms with Gasteiger partial charge in [-0.15, -0.1) is 0 Å². The smallest absolute Gasteiger partial charge is 0.131 e. The van der Waals surface area contributed by atoms with Crippen LogP contribution in [-0.4, -0.2) is 0 Å². The molecule has 0 bridgehead atoms. The molecule has 0 radical (unpaired) electrons. The van der Waals surface area contributed by atoms with Gasteiger partial charge in [0, 0.05) is 5.56 Å². The van der Waals surface area contributed by atoms with E-state index in [1.54, 1.807) is 0 Å². The van der Waals surface area contributed by atoms with E-state index in [-0.39, 0.29) is 0 Å². The second-order valence-electron chi connectivity index (χ2n) is 5.43. The molecule has 1 atom stereocenters. The number of benzene rings is 1. The van der Waals surface area contributed by atoms with Gasteiger partial charge < -0.3 is 4.74 Å². The first-order valence-electron chi connectivity index (χ1n) is 6.70. The van der Waals surface area contributed by atoms with Crippen LogP contribution in [0.1, 0.15) is 42.4 Å². The lowest BCUT2D eigenvalue weighted by molar-refractivity contribution is 0.423. The van der Waals surface area contributed by atoms with E-state index in [4.69, 9.17) is 4.74 Å². The highest BCUT2D eigenvalue weighted by Gasteiger charge is 2.33. The van der Waals surface area contributed by atoms with Crippen LogP contribution in [0.3, 0.4) is 0 Å². The van der Waals surface area contributed by atoms with Crippen molar-refractivity contribution in [3.63, 3.8) is 0 Å². The van der Waals surface area contributed by atoms with Gasteiger partial charge in [-0.25, -0.2) is 0 Å². The molecule has 0 saturated carbocycles. The molecule has 1 heterocycles. The van der Waals surface area contributed by atoms with Gasteiger partial charge in [0.05, 0.1) is 5.92 Å². The van der Waals surface area contributed by atoms with Gasteiger partial charge >= 0.3 is 0 Å². The first-order chi connectivity index (χ1) is 8.83. The Kier molecular flexibility index (Phi) is 2.05. The molecule has 90 valence electrons. The minimum absolute atomic E-state index is 0.447. The molecule has 18 heavy (non-hydrogen) atoms. The van der Waals surface area contributed by atoms with Crippen LogP contribution in [0, 0.1) is 0 Å². The Labute approximate surface area is 107 Å². The molecule has 2 aliphatic carbocycles. The van der Waals surface area contributed by atoms with Crippen molar-refractivity contribution < 1.29 is 4.74 Å². The number of hydrogen-bond acceptors (Lipinski definition) is 1. The summed E-state index contributed by atoms with van der Waals surface area (Å²) in [6, 6.07) is 4.39. The van der Waals surface area contributed by atoms with E-state index in [9.17, 15) is 0 Å². The lowest BCUT2D eigenvalue weighted by atomic mass is 9.82. The summed E-state index contributed by atoms with van der Waals surface area (Å²) in [6.45, 7) is 2.20. The molecule has 0 spiro atoms. The second kappa shape index (κ2) is 3.61. The SMILES string of the molecule is CC1=CC=C2Oc3ccc4c(c3C2C1)C=CCC4. The average molecular weight is 236 g/mol. The molecular weight excluding hydrogens is 220 g/mol. The quantitative estimate of drug-likeness (QED) is 0.650. The lowest BCUT2D eigenvalue weighted by Crippen LogP contribution is -2.06. The van der Waals surface area contributed by atoms with Crippen LogP contribution in [0.5, 0.6) is 5.75 Å². The summed E-state index contributed by atoms with van der Waals surface area (Å²) in [5.41, 5.74) is 5.76. The zero-order valence-electron chi connectivity index (χ0n) is 10.6. The van der Waals surface area contributed by atoms with Crippen LogP contribution in [0.15, 0.2) is 41.7 Å². The largest absolute Gasteiger partial charge is 0.461 e. The zero-order chi connectivity index (χ0) is 12.1. The van der Waals surface area contributed by atoms with Crippen LogP contribution >= 0.6 is 0 Å². The fraction of sp³-hybridized carbons (Fsp3) is 0.294. The Morgan fingerprint density at radius 3 is 3.11 bits per heavy atom. The van der Waals surface area contributed by atoms with Crippen LogP contribution in [0.4, 0.5) is 0 Å². The van der Waals surface area contributed by atoms with Crippen molar-refractivity contribution in [1.29, 1.82) is 0 Å². The molecular formula is C17H16O. The molecule has 1 heteroatoms. The standard InChI is InChI=1S/C17H16O/c1-11-6-8-15-14(10-11)17-13-5-3-2-4-12(13)7-9-16(17)18-15/h3,5-9,14H,2,4,10H2,1H3. The Balaban J connectivity index is 1.91. The van der Waals surface area contributed by atoms with E-state index in [0.29, 0.717) is 5.92 Å². The Morgan fingerprint density at radius 2 is 2.17 bits per heavy atom. The highest BCUT2D eigenvalue weighted by atomic mass is 16.5. The summed E-state index contributed by atoms with van der Waals surface area (Å²) in [7, 11) is 0. The van der Waals surface area contributed by atoms with Crippen LogP contribution in [0.2, 0.25) is 0 Å². The third kappa shape index (κ3) is 1.34. The predicted octanol–water partition coefficient (Wildman–Crippen LogP) is 4.36. The van der Waals surface area contributed by atoms with Crippen molar-refractivity contribution in [2.75, 3.05) is 0 Å². The second-order valence-corrected chi connectivity index (χ2v) is 5.43. The molecule has 0 N–H and O–H groups in total. The van der Waals surface area contributed by atoms with Crippen molar-refractivity contribution >= 4 is 6.08 Å². The number of hydrogen-bond donors (Lipinski definition) is 0. The minimum Gasteiger partial charge on any atom is -0.461 e. The van der Waals surface area contributed by atoms with Crippen LogP contribution < -0.4 is 4.74 Å². The maximum absolute atomic E-state index is 6.01. The average Bonchev–Trinajstić information content (AvgIpc) is 2.77. The molecule has 1 aromatic rings. The first-order valence-corrected chi connectivity index (χ1v) is 6.70. The predicted molar refractivity (Wildman–Crippen MR) is 73.6 cm³/mol. The van der Waals surface area contributed by atoms with E-state index in [1.165, 1.54) is 35.1 Å². The van der Waals surface area contributed by atoms with Crippen molar-refractivity contribution in [2.45, 2.75) is 32.1 Å². The molecule has 1 aromatic carbocycles. The van der Waals surface area contributed by atoms with Crippen LogP contribution in [0.25, 0.3) is 6.08 Å². The molecule has 4 rings (SSSR count). The van der Waals surface area contributed by atoms with Crippen molar-refractivity contribution in [3.05, 3.63) is 58.4 Å². The Hall–Kier alpha value is -1.76. The fourth-order valence-electron chi connectivity index (χ4n) is 3.27. The highest BCUT2D eigenvalue weighted by Crippen LogP contribution is 2.49. The zero-order valence-corrected chi connectivity index (χ0v) is 10.6. The Bertz CT molecular complexity index is 617. The summed E-state index contributed by atoms with van der Waals surface area (Å²) in [5.74, 6) is 2.64. The van der Waals surface area contributed by atoms with E-state index in [0.717, 1.165) is 17.9 Å². The molecule has 1 unspecified atom stereocenters. The molecule has 0 amide bonds. The van der Waals surface area contributed by atoms with Crippen molar-refractivity contribution in [1.82, 2.24) is 0 Å². The molecule has 0 aromatic heterocycles. The van der Waals surface area contributed by atoms with Gasteiger partial charge in [0.25, 0.3) is 0 Å². The summed E-state index contributed by atoms with van der Waals surface area (Å²) in [4.78, 5) is 0. The summed E-state index contributed by atoms with van der Waals surface area (Å²) >= 11 is 0. The lowest BCUT2D eigenvalue weighted by Gasteiger charge is -2.19. The number of allylic oxidation sites excluding steroid dienone is 5. The summed E-state index contributed by atoms with van der Waals surface area (Å²) < 4.78 is 6.01. The number of fused-ring (bicyclic) bond motifs is 5. The third-order valence-electron chi connectivity index (χ3n) is 4.18. The van der Waals surface area contributed by atoms with Gasteiger partial charge in [-0.2, -0.15) is 0 Å². The van der Waals surface area contributed by atoms with Gasteiger partial charge in [0.2, 0.25) is 0 Å². The minimum atomic E-state index is 0.447. The van der Waals surface area contributed by atoms with E-state index in [2.05, 4.69) is 43.4 Å². The van der Waals surface area contributed by atoms with E-state index >= 15 is 0 Å². The molecule has 0 saturated heterocycles. The molecule has 0 fully saturated rings. The van der Waals surface area contributed by atoms with Gasteiger partial charge in [0.15, 0.2) is 0 Å². The normalized spacial score (nSPS) is 23.5. The summed E-state index contributed by atoms with van der Waals surface area (Å²) in [5, 5.41) is 0. The van der Waals surface area contributed by atoms with Gasteiger partial charge in [-0.05, 0) is 49.5 Å². The van der Waals surface area contributed by atoms with Crippen molar-refractivity contribution in [2.24, 2.45) is 0 Å². The maximum Gasteiger partial charge on any atom is 0.131 e. The number of ether oxygens (including phenoxy) is 1. The molecule has 1 aliphatic heterocycles. The topological polar surface area (TPSA) is 9.23 Å². The van der Waals surface area contributed by atoms with Gasteiger partial charge in [-0.1, -0.05) is 29.9 Å². The third-order valence-corrected chi connectivity index (χ3v) is 4.18. The molecule has 1 nitrogen and oxygen atoms in total. The van der Waals surface area contributed by atoms with Gasteiger partial charge in [-0.3, -0.25) is 0 Å². The van der Waals surface area contributed by atoms with Crippen LogP contribution in [-0.2, 0) is 6.42 Å². The van der Waals surface area contributed by atoms with E-state index < -0.39 is 0 Å². The number of aryl methyl sites for hydroxylation is 1. The monoisotopic (exact) mass is 236 g/mol.